The molecule has 3 aromatic carbocycles. The molecule has 148 valence electrons. The smallest absolute Gasteiger partial charge is 0.205 e. The molecule has 0 radical (unpaired) electrons. The number of aryl methyl sites for hydroxylation is 1. The number of ether oxygens (including phenoxy) is 1. The Morgan fingerprint density at radius 1 is 1.17 bits per heavy atom. The number of nitrogens with zero attached hydrogens (tertiary/aromatic N) is 2. The number of allylic oxidation sites excluding steroid dienone is 1. The molecule has 0 saturated carbocycles. The largest absolute Gasteiger partial charge is 0.507 e. The highest BCUT2D eigenvalue weighted by atomic mass is 19.1. The zero-order chi connectivity index (χ0) is 21.3. The summed E-state index contributed by atoms with van der Waals surface area (Å²) in [5, 5.41) is 20.1. The number of benzene rings is 3. The van der Waals surface area contributed by atoms with Crippen LogP contribution in [0.25, 0.3) is 0 Å². The van der Waals surface area contributed by atoms with Crippen molar-refractivity contribution in [2.75, 3.05) is 0 Å². The van der Waals surface area contributed by atoms with Gasteiger partial charge in [-0.05, 0) is 42.3 Å². The molecule has 0 bridgehead atoms. The maximum absolute atomic E-state index is 13.9. The van der Waals surface area contributed by atoms with Crippen LogP contribution in [0.5, 0.6) is 11.5 Å². The van der Waals surface area contributed by atoms with E-state index in [1.54, 1.807) is 24.4 Å². The van der Waals surface area contributed by atoms with Gasteiger partial charge in [0.1, 0.15) is 29.0 Å². The van der Waals surface area contributed by atoms with Crippen LogP contribution in [0.3, 0.4) is 0 Å². The lowest BCUT2D eigenvalue weighted by Crippen LogP contribution is -2.21. The van der Waals surface area contributed by atoms with Crippen LogP contribution in [0.1, 0.15) is 28.2 Å². The number of phenols is 1. The van der Waals surface area contributed by atoms with Crippen LogP contribution >= 0.6 is 0 Å². The van der Waals surface area contributed by atoms with E-state index < -0.39 is 11.7 Å². The molecule has 0 spiro atoms. The molecule has 3 aromatic rings. The van der Waals surface area contributed by atoms with E-state index in [2.05, 4.69) is 11.1 Å². The second kappa shape index (κ2) is 7.72. The molecule has 0 saturated heterocycles. The lowest BCUT2D eigenvalue weighted by molar-refractivity contribution is 0.388. The first-order valence-corrected chi connectivity index (χ1v) is 9.27. The summed E-state index contributed by atoms with van der Waals surface area (Å²) in [4.78, 5) is 4.46. The van der Waals surface area contributed by atoms with Crippen LogP contribution in [-0.2, 0) is 0 Å². The van der Waals surface area contributed by atoms with E-state index in [0.29, 0.717) is 22.4 Å². The molecular weight excluding hydrogens is 381 g/mol. The van der Waals surface area contributed by atoms with Crippen LogP contribution in [0.2, 0.25) is 0 Å². The Kier molecular flexibility index (Phi) is 4.95. The summed E-state index contributed by atoms with van der Waals surface area (Å²) in [5.41, 5.74) is 9.49. The molecular formula is C24H18FN3O2. The van der Waals surface area contributed by atoms with Gasteiger partial charge in [-0.15, -0.1) is 0 Å². The van der Waals surface area contributed by atoms with Gasteiger partial charge < -0.3 is 15.6 Å². The van der Waals surface area contributed by atoms with Crippen molar-refractivity contribution in [3.8, 4) is 17.6 Å². The van der Waals surface area contributed by atoms with E-state index >= 15 is 0 Å². The Bertz CT molecular complexity index is 1240. The minimum absolute atomic E-state index is 0.0442. The summed E-state index contributed by atoms with van der Waals surface area (Å²) in [6.45, 7) is 1.94. The molecule has 0 aromatic heterocycles. The van der Waals surface area contributed by atoms with Gasteiger partial charge in [0.25, 0.3) is 0 Å². The molecule has 3 N–H and O–H groups in total. The van der Waals surface area contributed by atoms with Gasteiger partial charge >= 0.3 is 0 Å². The van der Waals surface area contributed by atoms with E-state index in [9.17, 15) is 14.8 Å². The number of aliphatic imine (C=N–C) groups is 1. The minimum atomic E-state index is -0.624. The highest BCUT2D eigenvalue weighted by Gasteiger charge is 2.31. The molecule has 30 heavy (non-hydrogen) atoms. The van der Waals surface area contributed by atoms with Gasteiger partial charge in [-0.2, -0.15) is 5.26 Å². The Labute approximate surface area is 173 Å². The van der Waals surface area contributed by atoms with Crippen molar-refractivity contribution in [1.82, 2.24) is 0 Å². The highest BCUT2D eigenvalue weighted by molar-refractivity contribution is 5.87. The van der Waals surface area contributed by atoms with E-state index in [1.165, 1.54) is 18.2 Å². The summed E-state index contributed by atoms with van der Waals surface area (Å²) >= 11 is 0. The topological polar surface area (TPSA) is 91.6 Å². The average molecular weight is 399 g/mol. The fourth-order valence-corrected chi connectivity index (χ4v) is 3.49. The van der Waals surface area contributed by atoms with Crippen LogP contribution in [-0.4, -0.2) is 11.3 Å². The van der Waals surface area contributed by atoms with Crippen molar-refractivity contribution in [3.63, 3.8) is 0 Å². The fourth-order valence-electron chi connectivity index (χ4n) is 3.49. The number of hydrogen-bond acceptors (Lipinski definition) is 5. The normalized spacial score (nSPS) is 15.6. The number of aromatic hydroxyl groups is 1. The number of hydrogen-bond donors (Lipinski definition) is 2. The maximum atomic E-state index is 13.9. The molecule has 0 amide bonds. The summed E-state index contributed by atoms with van der Waals surface area (Å²) in [5.74, 6) is -0.847. The number of halogens is 1. The van der Waals surface area contributed by atoms with Crippen molar-refractivity contribution in [2.24, 2.45) is 10.7 Å². The van der Waals surface area contributed by atoms with Crippen LogP contribution in [0.4, 0.5) is 10.1 Å². The minimum Gasteiger partial charge on any atom is -0.507 e. The second-order valence-electron chi connectivity index (χ2n) is 6.97. The summed E-state index contributed by atoms with van der Waals surface area (Å²) in [7, 11) is 0. The quantitative estimate of drug-likeness (QED) is 0.619. The number of fused-ring (bicyclic) bond motifs is 1. The monoisotopic (exact) mass is 399 g/mol. The molecule has 0 aliphatic carbocycles. The van der Waals surface area contributed by atoms with Gasteiger partial charge in [0.05, 0.1) is 11.6 Å². The van der Waals surface area contributed by atoms with E-state index in [4.69, 9.17) is 10.5 Å². The Balaban J connectivity index is 1.84. The SMILES string of the molecule is Cc1ccccc1N=Cc1cc2c(cc1O)OC(N)=C(C#N)C2c1cccc(F)c1. The Morgan fingerprint density at radius 3 is 2.70 bits per heavy atom. The Morgan fingerprint density at radius 2 is 1.97 bits per heavy atom. The van der Waals surface area contributed by atoms with Crippen LogP contribution < -0.4 is 10.5 Å². The van der Waals surface area contributed by atoms with Gasteiger partial charge in [0.15, 0.2) is 0 Å². The summed E-state index contributed by atoms with van der Waals surface area (Å²) < 4.78 is 19.5. The van der Waals surface area contributed by atoms with Gasteiger partial charge in [-0.1, -0.05) is 30.3 Å². The number of para-hydroxylation sites is 1. The molecule has 1 aliphatic heterocycles. The van der Waals surface area contributed by atoms with Gasteiger partial charge in [0, 0.05) is 23.4 Å². The Hall–Kier alpha value is -4.11. The van der Waals surface area contributed by atoms with Crippen molar-refractivity contribution in [3.05, 3.63) is 100 Å². The first-order valence-electron chi connectivity index (χ1n) is 9.27. The third-order valence-electron chi connectivity index (χ3n) is 5.00. The molecule has 4 rings (SSSR count). The van der Waals surface area contributed by atoms with Crippen molar-refractivity contribution < 1.29 is 14.2 Å². The standard InChI is InChI=1S/C24H18FN3O2/c1-14-5-2-3-8-20(14)28-13-16-10-18-22(11-21(16)29)30-24(27)19(12-26)23(18)15-6-4-7-17(25)9-15/h2-11,13,23,29H,27H2,1H3. The molecule has 6 heteroatoms. The average Bonchev–Trinajstić information content (AvgIpc) is 2.72. The van der Waals surface area contributed by atoms with Gasteiger partial charge in [-0.25, -0.2) is 4.39 Å². The van der Waals surface area contributed by atoms with Gasteiger partial charge in [0.2, 0.25) is 5.88 Å². The zero-order valence-electron chi connectivity index (χ0n) is 16.1. The van der Waals surface area contributed by atoms with Crippen molar-refractivity contribution in [1.29, 1.82) is 5.26 Å². The molecule has 1 unspecified atom stereocenters. The lowest BCUT2D eigenvalue weighted by Gasteiger charge is -2.27. The first-order chi connectivity index (χ1) is 14.5. The molecule has 1 heterocycles. The van der Waals surface area contributed by atoms with Crippen molar-refractivity contribution in [2.45, 2.75) is 12.8 Å². The molecule has 0 fully saturated rings. The number of nitriles is 1. The molecule has 1 aliphatic rings. The predicted molar refractivity (Wildman–Crippen MR) is 112 cm³/mol. The van der Waals surface area contributed by atoms with Gasteiger partial charge in [-0.3, -0.25) is 4.99 Å². The van der Waals surface area contributed by atoms with E-state index in [1.807, 2.05) is 31.2 Å². The predicted octanol–water partition coefficient (Wildman–Crippen LogP) is 4.81. The van der Waals surface area contributed by atoms with E-state index in [-0.39, 0.29) is 17.2 Å². The second-order valence-corrected chi connectivity index (χ2v) is 6.97. The maximum Gasteiger partial charge on any atom is 0.205 e. The third kappa shape index (κ3) is 3.49. The summed E-state index contributed by atoms with van der Waals surface area (Å²) in [6.07, 6.45) is 1.55. The first kappa shape index (κ1) is 19.2. The van der Waals surface area contributed by atoms with E-state index in [0.717, 1.165) is 11.3 Å². The lowest BCUT2D eigenvalue weighted by atomic mass is 9.83. The van der Waals surface area contributed by atoms with Crippen LogP contribution in [0.15, 0.2) is 77.1 Å². The fraction of sp³-hybridized carbons (Fsp3) is 0.0833. The molecule has 1 atom stereocenters. The molecule has 5 nitrogen and oxygen atoms in total. The number of nitrogens with two attached hydrogens (primary N) is 1. The summed E-state index contributed by atoms with van der Waals surface area (Å²) in [6, 6.07) is 18.8. The zero-order valence-corrected chi connectivity index (χ0v) is 16.1. The highest BCUT2D eigenvalue weighted by Crippen LogP contribution is 2.44. The number of phenolic OH excluding ortho intramolecular Hbond substituents is 1. The third-order valence-corrected chi connectivity index (χ3v) is 5.00. The van der Waals surface area contributed by atoms with Crippen LogP contribution in [0, 0.1) is 24.1 Å². The number of rotatable bonds is 3. The van der Waals surface area contributed by atoms with Crippen molar-refractivity contribution >= 4 is 11.9 Å².